The van der Waals surface area contributed by atoms with Gasteiger partial charge in [-0.1, -0.05) is 30.3 Å². The minimum Gasteiger partial charge on any atom is -0.468 e. The number of aliphatic hydroxyl groups excluding tert-OH is 1. The number of methoxy groups -OCH3 is 1. The van der Waals surface area contributed by atoms with E-state index in [1.807, 2.05) is 30.3 Å². The molecule has 0 aromatic heterocycles. The van der Waals surface area contributed by atoms with E-state index in [4.69, 9.17) is 0 Å². The van der Waals surface area contributed by atoms with Crippen molar-refractivity contribution in [2.75, 3.05) is 13.7 Å². The summed E-state index contributed by atoms with van der Waals surface area (Å²) in [5.41, 5.74) is 1.06. The van der Waals surface area contributed by atoms with Gasteiger partial charge in [0.25, 0.3) is 5.91 Å². The van der Waals surface area contributed by atoms with Crippen molar-refractivity contribution in [2.45, 2.75) is 25.6 Å². The molecule has 110 valence electrons. The Morgan fingerprint density at radius 3 is 2.55 bits per heavy atom. The molecule has 2 unspecified atom stereocenters. The van der Waals surface area contributed by atoms with Crippen LogP contribution in [0.15, 0.2) is 30.3 Å². The topological polar surface area (TPSA) is 87.7 Å². The fourth-order valence-corrected chi connectivity index (χ4v) is 1.55. The van der Waals surface area contributed by atoms with Crippen molar-refractivity contribution in [3.63, 3.8) is 0 Å². The molecule has 3 N–H and O–H groups in total. The first-order valence-corrected chi connectivity index (χ1v) is 6.34. The number of carbonyl (C=O) groups is 2. The van der Waals surface area contributed by atoms with Crippen LogP contribution in [0.3, 0.4) is 0 Å². The number of aliphatic hydroxyl groups is 1. The second-order valence-corrected chi connectivity index (χ2v) is 4.39. The highest BCUT2D eigenvalue weighted by atomic mass is 16.5. The zero-order valence-corrected chi connectivity index (χ0v) is 11.6. The summed E-state index contributed by atoms with van der Waals surface area (Å²) in [4.78, 5) is 22.5. The highest BCUT2D eigenvalue weighted by Crippen LogP contribution is 2.00. The Labute approximate surface area is 118 Å². The molecule has 6 nitrogen and oxygen atoms in total. The Morgan fingerprint density at radius 1 is 1.30 bits per heavy atom. The first kappa shape index (κ1) is 16.1. The average Bonchev–Trinajstić information content (AvgIpc) is 2.49. The van der Waals surface area contributed by atoms with E-state index in [2.05, 4.69) is 15.4 Å². The predicted octanol–water partition coefficient (Wildman–Crippen LogP) is -0.185. The van der Waals surface area contributed by atoms with Crippen LogP contribution in [0, 0.1) is 0 Å². The first-order chi connectivity index (χ1) is 9.54. The maximum atomic E-state index is 11.6. The molecular formula is C14H20N2O4. The number of carbonyl (C=O) groups excluding carboxylic acids is 2. The van der Waals surface area contributed by atoms with Gasteiger partial charge in [-0.05, 0) is 12.5 Å². The van der Waals surface area contributed by atoms with Gasteiger partial charge in [0.15, 0.2) is 0 Å². The fourth-order valence-electron chi connectivity index (χ4n) is 1.55. The van der Waals surface area contributed by atoms with Gasteiger partial charge in [0.05, 0.1) is 7.11 Å². The lowest BCUT2D eigenvalue weighted by atomic mass is 10.1. The Balaban J connectivity index is 2.36. The van der Waals surface area contributed by atoms with Crippen molar-refractivity contribution < 1.29 is 19.4 Å². The molecule has 0 aliphatic heterocycles. The predicted molar refractivity (Wildman–Crippen MR) is 73.8 cm³/mol. The average molecular weight is 280 g/mol. The lowest BCUT2D eigenvalue weighted by molar-refractivity contribution is -0.142. The summed E-state index contributed by atoms with van der Waals surface area (Å²) in [6.07, 6.45) is -1.23. The molecule has 20 heavy (non-hydrogen) atoms. The zero-order valence-electron chi connectivity index (χ0n) is 11.6. The third-order valence-corrected chi connectivity index (χ3v) is 2.85. The van der Waals surface area contributed by atoms with Crippen LogP contribution in [0.1, 0.15) is 12.5 Å². The molecule has 0 saturated carbocycles. The molecule has 0 saturated heterocycles. The minimum atomic E-state index is -1.23. The van der Waals surface area contributed by atoms with Gasteiger partial charge in [0.1, 0.15) is 12.6 Å². The van der Waals surface area contributed by atoms with Crippen molar-refractivity contribution in [1.82, 2.24) is 10.6 Å². The van der Waals surface area contributed by atoms with Gasteiger partial charge in [-0.15, -0.1) is 0 Å². The summed E-state index contributed by atoms with van der Waals surface area (Å²) >= 11 is 0. The Bertz CT molecular complexity index is 436. The Kier molecular flexibility index (Phi) is 6.69. The second-order valence-electron chi connectivity index (χ2n) is 4.39. The number of benzene rings is 1. The zero-order chi connectivity index (χ0) is 15.0. The number of hydrogen-bond acceptors (Lipinski definition) is 5. The minimum absolute atomic E-state index is 0.252. The number of amides is 1. The van der Waals surface area contributed by atoms with Crippen molar-refractivity contribution >= 4 is 11.9 Å². The van der Waals surface area contributed by atoms with Crippen LogP contribution in [0.25, 0.3) is 0 Å². The van der Waals surface area contributed by atoms with Crippen LogP contribution in [0.2, 0.25) is 0 Å². The molecule has 1 rings (SSSR count). The molecule has 0 radical (unpaired) electrons. The molecule has 1 aromatic carbocycles. The summed E-state index contributed by atoms with van der Waals surface area (Å²) in [5.74, 6) is -1.17. The van der Waals surface area contributed by atoms with Crippen LogP contribution in [0.4, 0.5) is 0 Å². The smallest absolute Gasteiger partial charge is 0.325 e. The van der Waals surface area contributed by atoms with E-state index in [9.17, 15) is 14.7 Å². The van der Waals surface area contributed by atoms with Crippen LogP contribution >= 0.6 is 0 Å². The Morgan fingerprint density at radius 2 is 1.95 bits per heavy atom. The molecule has 1 amide bonds. The number of esters is 1. The normalized spacial score (nSPS) is 13.3. The molecule has 0 spiro atoms. The van der Waals surface area contributed by atoms with Crippen LogP contribution < -0.4 is 10.6 Å². The van der Waals surface area contributed by atoms with Gasteiger partial charge in [-0.25, -0.2) is 0 Å². The molecule has 0 heterocycles. The first-order valence-electron chi connectivity index (χ1n) is 6.34. The van der Waals surface area contributed by atoms with Crippen molar-refractivity contribution in [1.29, 1.82) is 0 Å². The van der Waals surface area contributed by atoms with E-state index < -0.39 is 24.0 Å². The molecule has 0 fully saturated rings. The molecule has 1 aromatic rings. The lowest BCUT2D eigenvalue weighted by Gasteiger charge is -2.19. The third-order valence-electron chi connectivity index (χ3n) is 2.85. The second kappa shape index (κ2) is 8.29. The molecular weight excluding hydrogens is 260 g/mol. The largest absolute Gasteiger partial charge is 0.468 e. The SMILES string of the molecule is COC(=O)CNC(=O)C(O)C(C)NCc1ccccc1. The number of hydrogen-bond donors (Lipinski definition) is 3. The summed E-state index contributed by atoms with van der Waals surface area (Å²) in [7, 11) is 1.23. The third kappa shape index (κ3) is 5.38. The van der Waals surface area contributed by atoms with Crippen molar-refractivity contribution in [3.8, 4) is 0 Å². The number of nitrogens with one attached hydrogen (secondary N) is 2. The van der Waals surface area contributed by atoms with E-state index in [1.165, 1.54) is 7.11 Å². The molecule has 0 aliphatic carbocycles. The quantitative estimate of drug-likeness (QED) is 0.603. The van der Waals surface area contributed by atoms with Crippen LogP contribution in [-0.4, -0.2) is 42.8 Å². The molecule has 2 atom stereocenters. The van der Waals surface area contributed by atoms with E-state index >= 15 is 0 Å². The van der Waals surface area contributed by atoms with Gasteiger partial charge in [0, 0.05) is 12.6 Å². The molecule has 0 bridgehead atoms. The van der Waals surface area contributed by atoms with Crippen LogP contribution in [-0.2, 0) is 20.9 Å². The summed E-state index contributed by atoms with van der Waals surface area (Å²) in [6, 6.07) is 9.21. The van der Waals surface area contributed by atoms with Crippen molar-refractivity contribution in [2.24, 2.45) is 0 Å². The van der Waals surface area contributed by atoms with E-state index in [0.717, 1.165) is 5.56 Å². The maximum absolute atomic E-state index is 11.6. The van der Waals surface area contributed by atoms with Crippen molar-refractivity contribution in [3.05, 3.63) is 35.9 Å². The number of ether oxygens (including phenoxy) is 1. The van der Waals surface area contributed by atoms with E-state index in [1.54, 1.807) is 6.92 Å². The highest BCUT2D eigenvalue weighted by molar-refractivity contribution is 5.85. The van der Waals surface area contributed by atoms with E-state index in [-0.39, 0.29) is 6.54 Å². The number of rotatable bonds is 7. The fraction of sp³-hybridized carbons (Fsp3) is 0.429. The molecule has 6 heteroatoms. The standard InChI is InChI=1S/C14H20N2O4/c1-10(15-8-11-6-4-3-5-7-11)13(18)14(19)16-9-12(17)20-2/h3-7,10,13,15,18H,8-9H2,1-2H3,(H,16,19). The van der Waals surface area contributed by atoms with Gasteiger partial charge < -0.3 is 20.5 Å². The van der Waals surface area contributed by atoms with Gasteiger partial charge in [-0.3, -0.25) is 9.59 Å². The van der Waals surface area contributed by atoms with Gasteiger partial charge in [-0.2, -0.15) is 0 Å². The Hall–Kier alpha value is -1.92. The molecule has 0 aliphatic rings. The summed E-state index contributed by atoms with van der Waals surface area (Å²) in [5, 5.41) is 15.2. The monoisotopic (exact) mass is 280 g/mol. The summed E-state index contributed by atoms with van der Waals surface area (Å²) < 4.78 is 4.40. The maximum Gasteiger partial charge on any atom is 0.325 e. The summed E-state index contributed by atoms with van der Waals surface area (Å²) in [6.45, 7) is 1.99. The van der Waals surface area contributed by atoms with Gasteiger partial charge >= 0.3 is 5.97 Å². The van der Waals surface area contributed by atoms with E-state index in [0.29, 0.717) is 6.54 Å². The highest BCUT2D eigenvalue weighted by Gasteiger charge is 2.22. The lowest BCUT2D eigenvalue weighted by Crippen LogP contribution is -2.48. The van der Waals surface area contributed by atoms with Crippen LogP contribution in [0.5, 0.6) is 0 Å². The van der Waals surface area contributed by atoms with Gasteiger partial charge in [0.2, 0.25) is 0 Å².